The van der Waals surface area contributed by atoms with Gasteiger partial charge in [0, 0.05) is 28.4 Å². The Morgan fingerprint density at radius 1 is 1.24 bits per heavy atom. The number of fused-ring (bicyclic) bond motifs is 1. The molecule has 0 saturated carbocycles. The predicted octanol–water partition coefficient (Wildman–Crippen LogP) is 2.71. The molecule has 0 radical (unpaired) electrons. The van der Waals surface area contributed by atoms with Crippen LogP contribution in [0.15, 0.2) is 42.7 Å². The topological polar surface area (TPSA) is 96.5 Å². The summed E-state index contributed by atoms with van der Waals surface area (Å²) in [6, 6.07) is 9.08. The molecule has 0 atom stereocenters. The highest BCUT2D eigenvalue weighted by Crippen LogP contribution is 2.27. The molecule has 0 aliphatic rings. The zero-order valence-electron chi connectivity index (χ0n) is 13.4. The Bertz CT molecular complexity index is 1040. The van der Waals surface area contributed by atoms with Crippen LogP contribution in [-0.2, 0) is 6.54 Å². The lowest BCUT2D eigenvalue weighted by Crippen LogP contribution is -2.22. The summed E-state index contributed by atoms with van der Waals surface area (Å²) in [5, 5.41) is 14.4. The minimum Gasteiger partial charge on any atom is -0.347 e. The Kier molecular flexibility index (Phi) is 3.95. The van der Waals surface area contributed by atoms with Crippen LogP contribution < -0.4 is 5.32 Å². The van der Waals surface area contributed by atoms with Gasteiger partial charge >= 0.3 is 0 Å². The standard InChI is InChI=1S/C17H14N6OS/c1-10-15(25-17(20-10)12-3-2-6-18-8-12)9-19-16(24)11-4-5-13-14(7-11)22-23-21-13/h2-8H,9H2,1H3,(H,19,24)(H,21,22,23). The maximum absolute atomic E-state index is 12.4. The summed E-state index contributed by atoms with van der Waals surface area (Å²) in [4.78, 5) is 22.1. The summed E-state index contributed by atoms with van der Waals surface area (Å²) in [6.07, 6.45) is 3.52. The summed E-state index contributed by atoms with van der Waals surface area (Å²) < 4.78 is 0. The SMILES string of the molecule is Cc1nc(-c2cccnc2)sc1CNC(=O)c1ccc2n[nH]nc2c1. The highest BCUT2D eigenvalue weighted by molar-refractivity contribution is 7.15. The number of carbonyl (C=O) groups excluding carboxylic acids is 1. The summed E-state index contributed by atoms with van der Waals surface area (Å²) in [5.41, 5.74) is 3.84. The van der Waals surface area contributed by atoms with Gasteiger partial charge in [-0.25, -0.2) is 4.98 Å². The number of thiazole rings is 1. The van der Waals surface area contributed by atoms with E-state index < -0.39 is 0 Å². The van der Waals surface area contributed by atoms with Crippen LogP contribution in [0.4, 0.5) is 0 Å². The zero-order valence-corrected chi connectivity index (χ0v) is 14.2. The summed E-state index contributed by atoms with van der Waals surface area (Å²) in [5.74, 6) is -0.152. The van der Waals surface area contributed by atoms with Crippen molar-refractivity contribution in [2.75, 3.05) is 0 Å². The Morgan fingerprint density at radius 3 is 2.96 bits per heavy atom. The third kappa shape index (κ3) is 3.11. The van der Waals surface area contributed by atoms with E-state index in [1.807, 2.05) is 19.1 Å². The Hall–Kier alpha value is -3.13. The zero-order chi connectivity index (χ0) is 17.2. The smallest absolute Gasteiger partial charge is 0.251 e. The average molecular weight is 350 g/mol. The van der Waals surface area contributed by atoms with Crippen molar-refractivity contribution in [2.24, 2.45) is 0 Å². The number of rotatable bonds is 4. The number of aromatic nitrogens is 5. The molecule has 3 heterocycles. The fraction of sp³-hybridized carbons (Fsp3) is 0.118. The van der Waals surface area contributed by atoms with Crippen molar-refractivity contribution >= 4 is 28.3 Å². The molecule has 124 valence electrons. The number of H-pyrrole nitrogens is 1. The van der Waals surface area contributed by atoms with Crippen molar-refractivity contribution in [2.45, 2.75) is 13.5 Å². The minimum absolute atomic E-state index is 0.152. The molecule has 7 nitrogen and oxygen atoms in total. The Morgan fingerprint density at radius 2 is 2.12 bits per heavy atom. The molecule has 0 bridgehead atoms. The molecule has 4 rings (SSSR count). The molecule has 0 fully saturated rings. The number of hydrogen-bond donors (Lipinski definition) is 2. The van der Waals surface area contributed by atoms with Crippen molar-refractivity contribution in [3.63, 3.8) is 0 Å². The van der Waals surface area contributed by atoms with Gasteiger partial charge < -0.3 is 5.32 Å². The first-order valence-corrected chi connectivity index (χ1v) is 8.48. The number of nitrogens with one attached hydrogen (secondary N) is 2. The van der Waals surface area contributed by atoms with E-state index in [2.05, 4.69) is 30.7 Å². The van der Waals surface area contributed by atoms with Crippen molar-refractivity contribution < 1.29 is 4.79 Å². The van der Waals surface area contributed by atoms with Gasteiger partial charge in [-0.2, -0.15) is 15.4 Å². The van der Waals surface area contributed by atoms with Gasteiger partial charge in [0.1, 0.15) is 16.0 Å². The molecular formula is C17H14N6OS. The number of amides is 1. The van der Waals surface area contributed by atoms with E-state index in [-0.39, 0.29) is 5.91 Å². The van der Waals surface area contributed by atoms with Crippen LogP contribution in [-0.4, -0.2) is 31.3 Å². The van der Waals surface area contributed by atoms with Crippen molar-refractivity contribution in [3.05, 3.63) is 58.9 Å². The molecule has 3 aromatic heterocycles. The predicted molar refractivity (Wildman–Crippen MR) is 95.1 cm³/mol. The second kappa shape index (κ2) is 6.40. The van der Waals surface area contributed by atoms with E-state index >= 15 is 0 Å². The van der Waals surface area contributed by atoms with E-state index in [1.54, 1.807) is 41.9 Å². The van der Waals surface area contributed by atoms with Gasteiger partial charge in [-0.15, -0.1) is 11.3 Å². The first-order valence-electron chi connectivity index (χ1n) is 7.66. The summed E-state index contributed by atoms with van der Waals surface area (Å²) in [6.45, 7) is 2.37. The maximum atomic E-state index is 12.4. The molecule has 1 aromatic carbocycles. The van der Waals surface area contributed by atoms with E-state index in [0.717, 1.165) is 26.7 Å². The number of aryl methyl sites for hydroxylation is 1. The first kappa shape index (κ1) is 15.4. The van der Waals surface area contributed by atoms with Crippen LogP contribution >= 0.6 is 11.3 Å². The van der Waals surface area contributed by atoms with E-state index in [1.165, 1.54) is 0 Å². The van der Waals surface area contributed by atoms with Crippen LogP contribution in [0, 0.1) is 6.92 Å². The molecule has 0 aliphatic carbocycles. The lowest BCUT2D eigenvalue weighted by Gasteiger charge is -2.04. The molecule has 0 unspecified atom stereocenters. The minimum atomic E-state index is -0.152. The number of carbonyl (C=O) groups is 1. The molecule has 0 aliphatic heterocycles. The monoisotopic (exact) mass is 350 g/mol. The summed E-state index contributed by atoms with van der Waals surface area (Å²) in [7, 11) is 0. The van der Waals surface area contributed by atoms with Crippen LogP contribution in [0.1, 0.15) is 20.9 Å². The fourth-order valence-electron chi connectivity index (χ4n) is 2.45. The third-order valence-corrected chi connectivity index (χ3v) is 5.00. The number of aromatic amines is 1. The summed E-state index contributed by atoms with van der Waals surface area (Å²) >= 11 is 1.56. The van der Waals surface area contributed by atoms with E-state index in [4.69, 9.17) is 0 Å². The number of hydrogen-bond acceptors (Lipinski definition) is 6. The molecule has 2 N–H and O–H groups in total. The number of nitrogens with zero attached hydrogens (tertiary/aromatic N) is 4. The fourth-order valence-corrected chi connectivity index (χ4v) is 3.44. The average Bonchev–Trinajstić information content (AvgIpc) is 3.26. The highest BCUT2D eigenvalue weighted by atomic mass is 32.1. The van der Waals surface area contributed by atoms with Crippen LogP contribution in [0.3, 0.4) is 0 Å². The second-order valence-electron chi connectivity index (χ2n) is 5.48. The van der Waals surface area contributed by atoms with Crippen molar-refractivity contribution in [1.82, 2.24) is 30.7 Å². The molecule has 0 saturated heterocycles. The highest BCUT2D eigenvalue weighted by Gasteiger charge is 2.12. The van der Waals surface area contributed by atoms with Crippen molar-refractivity contribution in [1.29, 1.82) is 0 Å². The molecule has 25 heavy (non-hydrogen) atoms. The third-order valence-electron chi connectivity index (χ3n) is 3.79. The van der Waals surface area contributed by atoms with E-state index in [9.17, 15) is 4.79 Å². The molecule has 1 amide bonds. The van der Waals surface area contributed by atoms with Gasteiger partial charge in [-0.1, -0.05) is 0 Å². The normalized spacial score (nSPS) is 10.9. The van der Waals surface area contributed by atoms with Gasteiger partial charge in [-0.3, -0.25) is 9.78 Å². The van der Waals surface area contributed by atoms with Gasteiger partial charge in [0.15, 0.2) is 0 Å². The number of pyridine rings is 1. The first-order chi connectivity index (χ1) is 12.2. The lowest BCUT2D eigenvalue weighted by atomic mass is 10.2. The Balaban J connectivity index is 1.49. The molecule has 8 heteroatoms. The van der Waals surface area contributed by atoms with Gasteiger partial charge in [0.05, 0.1) is 12.2 Å². The van der Waals surface area contributed by atoms with E-state index in [0.29, 0.717) is 17.6 Å². The van der Waals surface area contributed by atoms with Gasteiger partial charge in [-0.05, 0) is 37.3 Å². The van der Waals surface area contributed by atoms with Gasteiger partial charge in [0.25, 0.3) is 5.91 Å². The van der Waals surface area contributed by atoms with Crippen LogP contribution in [0.5, 0.6) is 0 Å². The number of benzene rings is 1. The quantitative estimate of drug-likeness (QED) is 0.590. The van der Waals surface area contributed by atoms with Gasteiger partial charge in [0.2, 0.25) is 0 Å². The second-order valence-corrected chi connectivity index (χ2v) is 6.56. The molecular weight excluding hydrogens is 336 g/mol. The Labute approximate surface area is 147 Å². The largest absolute Gasteiger partial charge is 0.347 e. The molecule has 4 aromatic rings. The van der Waals surface area contributed by atoms with Crippen LogP contribution in [0.2, 0.25) is 0 Å². The van der Waals surface area contributed by atoms with Crippen LogP contribution in [0.25, 0.3) is 21.6 Å². The molecule has 0 spiro atoms. The maximum Gasteiger partial charge on any atom is 0.251 e. The van der Waals surface area contributed by atoms with Crippen molar-refractivity contribution in [3.8, 4) is 10.6 Å². The lowest BCUT2D eigenvalue weighted by molar-refractivity contribution is 0.0951.